The van der Waals surface area contributed by atoms with Crippen molar-refractivity contribution in [1.82, 2.24) is 5.32 Å². The van der Waals surface area contributed by atoms with E-state index in [0.717, 1.165) is 25.8 Å². The lowest BCUT2D eigenvalue weighted by atomic mass is 9.51. The quantitative estimate of drug-likeness (QED) is 0.709. The fourth-order valence-electron chi connectivity index (χ4n) is 5.00. The molecule has 1 saturated heterocycles. The summed E-state index contributed by atoms with van der Waals surface area (Å²) in [6, 6.07) is 0.650. The maximum absolute atomic E-state index is 12.0. The van der Waals surface area contributed by atoms with Crippen molar-refractivity contribution >= 4 is 5.78 Å². The van der Waals surface area contributed by atoms with Gasteiger partial charge in [0.05, 0.1) is 0 Å². The van der Waals surface area contributed by atoms with E-state index in [1.165, 1.54) is 25.7 Å². The van der Waals surface area contributed by atoms with E-state index in [1.54, 1.807) is 11.1 Å². The van der Waals surface area contributed by atoms with E-state index < -0.39 is 0 Å². The maximum atomic E-state index is 12.0. The Kier molecular flexibility index (Phi) is 2.32. The zero-order valence-electron chi connectivity index (χ0n) is 10.9. The molecule has 2 heteroatoms. The molecule has 0 aromatic rings. The summed E-state index contributed by atoms with van der Waals surface area (Å²) in [5.41, 5.74) is 3.45. The average molecular weight is 243 g/mol. The van der Waals surface area contributed by atoms with Crippen molar-refractivity contribution in [3.63, 3.8) is 0 Å². The van der Waals surface area contributed by atoms with Gasteiger partial charge in [-0.15, -0.1) is 0 Å². The van der Waals surface area contributed by atoms with Crippen molar-refractivity contribution < 1.29 is 4.79 Å². The molecule has 4 rings (SSSR count). The Morgan fingerprint density at radius 1 is 1.33 bits per heavy atom. The minimum absolute atomic E-state index is 0.218. The van der Waals surface area contributed by atoms with Crippen molar-refractivity contribution in [2.24, 2.45) is 11.3 Å². The molecule has 1 aliphatic heterocycles. The Bertz CT molecular complexity index is 462. The number of piperidine rings is 1. The molecule has 2 bridgehead atoms. The van der Waals surface area contributed by atoms with E-state index >= 15 is 0 Å². The van der Waals surface area contributed by atoms with Crippen molar-refractivity contribution in [2.45, 2.75) is 51.0 Å². The summed E-state index contributed by atoms with van der Waals surface area (Å²) in [6.45, 7) is 1.10. The number of hydrogen-bond acceptors (Lipinski definition) is 2. The van der Waals surface area contributed by atoms with Gasteiger partial charge in [0.1, 0.15) is 5.78 Å². The van der Waals surface area contributed by atoms with E-state index in [2.05, 4.69) is 17.5 Å². The Labute approximate surface area is 109 Å². The van der Waals surface area contributed by atoms with Crippen LogP contribution in [0.1, 0.15) is 44.9 Å². The van der Waals surface area contributed by atoms with E-state index in [-0.39, 0.29) is 5.41 Å². The monoisotopic (exact) mass is 243 g/mol. The highest BCUT2D eigenvalue weighted by Crippen LogP contribution is 2.57. The highest BCUT2D eigenvalue weighted by atomic mass is 16.1. The van der Waals surface area contributed by atoms with Gasteiger partial charge in [-0.2, -0.15) is 0 Å². The van der Waals surface area contributed by atoms with Crippen LogP contribution in [-0.4, -0.2) is 18.4 Å². The third-order valence-electron chi connectivity index (χ3n) is 5.70. The molecular weight excluding hydrogens is 222 g/mol. The molecule has 18 heavy (non-hydrogen) atoms. The van der Waals surface area contributed by atoms with Crippen molar-refractivity contribution in [3.05, 3.63) is 23.3 Å². The molecule has 2 nitrogen and oxygen atoms in total. The number of carbonyl (C=O) groups is 1. The van der Waals surface area contributed by atoms with E-state index in [9.17, 15) is 4.79 Å². The van der Waals surface area contributed by atoms with Gasteiger partial charge in [0.2, 0.25) is 0 Å². The summed E-state index contributed by atoms with van der Waals surface area (Å²) in [5.74, 6) is 1.21. The van der Waals surface area contributed by atoms with Gasteiger partial charge >= 0.3 is 0 Å². The van der Waals surface area contributed by atoms with Crippen molar-refractivity contribution in [3.8, 4) is 0 Å². The van der Waals surface area contributed by atoms with Crippen molar-refractivity contribution in [2.75, 3.05) is 6.54 Å². The van der Waals surface area contributed by atoms with Gasteiger partial charge in [-0.25, -0.2) is 0 Å². The van der Waals surface area contributed by atoms with Crippen LogP contribution in [0, 0.1) is 11.3 Å². The molecule has 0 spiro atoms. The summed E-state index contributed by atoms with van der Waals surface area (Å²) in [6.07, 6.45) is 12.3. The fraction of sp³-hybridized carbons (Fsp3) is 0.688. The topological polar surface area (TPSA) is 29.1 Å². The van der Waals surface area contributed by atoms with Crippen LogP contribution < -0.4 is 5.32 Å². The Balaban J connectivity index is 1.86. The molecule has 3 atom stereocenters. The molecule has 0 aromatic heterocycles. The molecule has 1 N–H and O–H groups in total. The standard InChI is InChI=1S/C16H21NO/c18-12-5-6-14-15-9-11-3-1-2-4-13(11)16(14,10-12)7-8-17-15/h2,4,14-15,17H,1,3,5-10H2/t14-,15+,16+/m0/s1. The van der Waals surface area contributed by atoms with Crippen LogP contribution in [0.4, 0.5) is 0 Å². The molecule has 96 valence electrons. The Morgan fingerprint density at radius 3 is 3.22 bits per heavy atom. The number of carbonyl (C=O) groups excluding carboxylic acids is 1. The first-order chi connectivity index (χ1) is 8.79. The second-order valence-electron chi connectivity index (χ2n) is 6.49. The predicted octanol–water partition coefficient (Wildman–Crippen LogP) is 2.75. The van der Waals surface area contributed by atoms with Gasteiger partial charge in [0, 0.05) is 24.3 Å². The minimum atomic E-state index is 0.218. The van der Waals surface area contributed by atoms with Crippen LogP contribution >= 0.6 is 0 Å². The molecular formula is C16H21NO. The van der Waals surface area contributed by atoms with E-state index in [0.29, 0.717) is 17.7 Å². The number of allylic oxidation sites excluding steroid dienone is 3. The normalized spacial score (nSPS) is 42.6. The lowest BCUT2D eigenvalue weighted by Crippen LogP contribution is -2.58. The molecule has 2 fully saturated rings. The summed E-state index contributed by atoms with van der Waals surface area (Å²) in [4.78, 5) is 12.0. The van der Waals surface area contributed by atoms with Gasteiger partial charge in [0.15, 0.2) is 0 Å². The molecule has 4 aliphatic rings. The van der Waals surface area contributed by atoms with Gasteiger partial charge in [-0.3, -0.25) is 4.79 Å². The predicted molar refractivity (Wildman–Crippen MR) is 71.2 cm³/mol. The lowest BCUT2D eigenvalue weighted by Gasteiger charge is -2.56. The Hall–Kier alpha value is -0.890. The maximum Gasteiger partial charge on any atom is 0.133 e. The molecule has 0 amide bonds. The Morgan fingerprint density at radius 2 is 2.28 bits per heavy atom. The number of Topliss-reactive ketones (excluding diaryl/α,β-unsaturated/α-hetero) is 1. The van der Waals surface area contributed by atoms with Gasteiger partial charge in [-0.1, -0.05) is 17.7 Å². The largest absolute Gasteiger partial charge is 0.313 e. The second-order valence-corrected chi connectivity index (χ2v) is 6.49. The van der Waals surface area contributed by atoms with Crippen molar-refractivity contribution in [1.29, 1.82) is 0 Å². The van der Waals surface area contributed by atoms with Crippen LogP contribution in [0.3, 0.4) is 0 Å². The zero-order chi connectivity index (χ0) is 12.2. The van der Waals surface area contributed by atoms with Gasteiger partial charge in [0.25, 0.3) is 0 Å². The summed E-state index contributed by atoms with van der Waals surface area (Å²) in [7, 11) is 0. The molecule has 1 heterocycles. The average Bonchev–Trinajstić information content (AvgIpc) is 2.38. The first kappa shape index (κ1) is 11.0. The van der Waals surface area contributed by atoms with Crippen LogP contribution in [0.15, 0.2) is 23.3 Å². The molecule has 0 unspecified atom stereocenters. The third-order valence-corrected chi connectivity index (χ3v) is 5.70. The SMILES string of the molecule is O=C1CC[C@H]2[C@H]3CC4=C(C=CCC4)[C@@]2(CCN3)C1. The fourth-order valence-corrected chi connectivity index (χ4v) is 5.00. The molecule has 0 radical (unpaired) electrons. The number of nitrogens with one attached hydrogen (secondary N) is 1. The summed E-state index contributed by atoms with van der Waals surface area (Å²) < 4.78 is 0. The smallest absolute Gasteiger partial charge is 0.133 e. The van der Waals surface area contributed by atoms with Crippen LogP contribution in [-0.2, 0) is 4.79 Å². The molecule has 1 saturated carbocycles. The van der Waals surface area contributed by atoms with Gasteiger partial charge in [-0.05, 0) is 50.1 Å². The van der Waals surface area contributed by atoms with Crippen LogP contribution in [0.25, 0.3) is 0 Å². The number of hydrogen-bond donors (Lipinski definition) is 1. The zero-order valence-corrected chi connectivity index (χ0v) is 10.9. The van der Waals surface area contributed by atoms with Crippen LogP contribution in [0.2, 0.25) is 0 Å². The van der Waals surface area contributed by atoms with Crippen LogP contribution in [0.5, 0.6) is 0 Å². The highest BCUT2D eigenvalue weighted by molar-refractivity contribution is 5.81. The second kappa shape index (κ2) is 3.80. The first-order valence-corrected chi connectivity index (χ1v) is 7.44. The highest BCUT2D eigenvalue weighted by Gasteiger charge is 2.53. The van der Waals surface area contributed by atoms with E-state index in [1.807, 2.05) is 0 Å². The lowest BCUT2D eigenvalue weighted by molar-refractivity contribution is -0.126. The third kappa shape index (κ3) is 1.36. The molecule has 0 aromatic carbocycles. The van der Waals surface area contributed by atoms with E-state index in [4.69, 9.17) is 0 Å². The van der Waals surface area contributed by atoms with Gasteiger partial charge < -0.3 is 5.32 Å². The number of ketones is 1. The minimum Gasteiger partial charge on any atom is -0.313 e. The summed E-state index contributed by atoms with van der Waals surface area (Å²) >= 11 is 0. The first-order valence-electron chi connectivity index (χ1n) is 7.44. The number of rotatable bonds is 0. The molecule has 3 aliphatic carbocycles. The summed E-state index contributed by atoms with van der Waals surface area (Å²) in [5, 5.41) is 3.72.